The molecule has 0 fully saturated rings. The van der Waals surface area contributed by atoms with Crippen molar-refractivity contribution in [2.24, 2.45) is 0 Å². The summed E-state index contributed by atoms with van der Waals surface area (Å²) < 4.78 is 13.1. The van der Waals surface area contributed by atoms with Crippen LogP contribution in [-0.4, -0.2) is 38.0 Å². The molecule has 0 aliphatic heterocycles. The highest BCUT2D eigenvalue weighted by molar-refractivity contribution is 8.00. The molecule has 1 N–H and O–H groups in total. The average molecular weight is 460 g/mol. The third-order valence-electron chi connectivity index (χ3n) is 4.37. The van der Waals surface area contributed by atoms with Crippen LogP contribution < -0.4 is 14.8 Å². The number of nitrogens with zero attached hydrogens (tertiary/aromatic N) is 4. The van der Waals surface area contributed by atoms with E-state index >= 15 is 0 Å². The van der Waals surface area contributed by atoms with Gasteiger partial charge in [-0.1, -0.05) is 24.8 Å². The van der Waals surface area contributed by atoms with Gasteiger partial charge in [0.05, 0.1) is 12.4 Å². The van der Waals surface area contributed by atoms with Crippen molar-refractivity contribution < 1.29 is 14.3 Å². The van der Waals surface area contributed by atoms with Crippen LogP contribution in [0.5, 0.6) is 11.5 Å². The fourth-order valence-electron chi connectivity index (χ4n) is 2.82. The Morgan fingerprint density at radius 3 is 2.68 bits per heavy atom. The first-order valence-corrected chi connectivity index (χ1v) is 11.5. The molecule has 2 heterocycles. The van der Waals surface area contributed by atoms with E-state index in [1.807, 2.05) is 48.1 Å². The number of anilines is 1. The summed E-state index contributed by atoms with van der Waals surface area (Å²) in [5, 5.41) is 14.2. The zero-order chi connectivity index (χ0) is 22.2. The lowest BCUT2D eigenvalue weighted by atomic mass is 10.3. The number of nitrogens with one attached hydrogen (secondary N) is 1. The van der Waals surface area contributed by atoms with Gasteiger partial charge in [-0.3, -0.25) is 9.36 Å². The highest BCUT2D eigenvalue weighted by Crippen LogP contribution is 2.29. The van der Waals surface area contributed by atoms with Crippen molar-refractivity contribution >= 4 is 34.1 Å². The Morgan fingerprint density at radius 1 is 1.32 bits per heavy atom. The number of carbonyl (C=O) groups is 1. The SMILES string of the molecule is C=CCn1c(SC(CC)C(=O)Nc2nccs2)nnc1C(C)Oc1ccc(OC)cc1. The van der Waals surface area contributed by atoms with E-state index in [-0.39, 0.29) is 17.3 Å². The third-order valence-corrected chi connectivity index (χ3v) is 6.40. The number of hydrogen-bond donors (Lipinski definition) is 1. The third kappa shape index (κ3) is 5.86. The first kappa shape index (κ1) is 22.8. The molecule has 2 aromatic heterocycles. The van der Waals surface area contributed by atoms with Crippen LogP contribution in [0.4, 0.5) is 5.13 Å². The molecule has 164 valence electrons. The Labute approximate surface area is 189 Å². The van der Waals surface area contributed by atoms with E-state index in [2.05, 4.69) is 27.1 Å². The van der Waals surface area contributed by atoms with Crippen molar-refractivity contribution in [2.45, 2.75) is 43.3 Å². The maximum Gasteiger partial charge on any atom is 0.239 e. The van der Waals surface area contributed by atoms with Gasteiger partial charge in [0.25, 0.3) is 0 Å². The number of hydrogen-bond acceptors (Lipinski definition) is 8. The predicted molar refractivity (Wildman–Crippen MR) is 123 cm³/mol. The molecule has 2 atom stereocenters. The van der Waals surface area contributed by atoms with Gasteiger partial charge in [0, 0.05) is 18.1 Å². The molecule has 3 rings (SSSR count). The van der Waals surface area contributed by atoms with Crippen LogP contribution in [0.25, 0.3) is 0 Å². The van der Waals surface area contributed by atoms with Crippen LogP contribution in [0.3, 0.4) is 0 Å². The predicted octanol–water partition coefficient (Wildman–Crippen LogP) is 4.58. The minimum Gasteiger partial charge on any atom is -0.497 e. The number of aromatic nitrogens is 4. The van der Waals surface area contributed by atoms with Gasteiger partial charge in [0.15, 0.2) is 22.2 Å². The van der Waals surface area contributed by atoms with Gasteiger partial charge >= 0.3 is 0 Å². The lowest BCUT2D eigenvalue weighted by Gasteiger charge is -2.17. The van der Waals surface area contributed by atoms with Crippen LogP contribution in [0, 0.1) is 0 Å². The van der Waals surface area contributed by atoms with Gasteiger partial charge in [0.2, 0.25) is 5.91 Å². The molecule has 0 saturated carbocycles. The fourth-order valence-corrected chi connectivity index (χ4v) is 4.32. The monoisotopic (exact) mass is 459 g/mol. The van der Waals surface area contributed by atoms with Gasteiger partial charge in [-0.15, -0.1) is 28.1 Å². The Bertz CT molecular complexity index is 989. The first-order valence-electron chi connectivity index (χ1n) is 9.77. The van der Waals surface area contributed by atoms with Crippen molar-refractivity contribution in [3.05, 3.63) is 54.3 Å². The molecule has 0 saturated heterocycles. The van der Waals surface area contributed by atoms with Gasteiger partial charge in [0.1, 0.15) is 11.5 Å². The Kier molecular flexibility index (Phi) is 8.07. The Balaban J connectivity index is 1.74. The lowest BCUT2D eigenvalue weighted by molar-refractivity contribution is -0.115. The summed E-state index contributed by atoms with van der Waals surface area (Å²) >= 11 is 2.75. The number of ether oxygens (including phenoxy) is 2. The molecule has 1 amide bonds. The zero-order valence-electron chi connectivity index (χ0n) is 17.6. The molecule has 31 heavy (non-hydrogen) atoms. The van der Waals surface area contributed by atoms with Crippen molar-refractivity contribution in [1.82, 2.24) is 19.7 Å². The topological polar surface area (TPSA) is 91.2 Å². The summed E-state index contributed by atoms with van der Waals surface area (Å²) in [7, 11) is 1.62. The van der Waals surface area contributed by atoms with Gasteiger partial charge in [-0.2, -0.15) is 0 Å². The van der Waals surface area contributed by atoms with E-state index < -0.39 is 0 Å². The quantitative estimate of drug-likeness (QED) is 0.331. The molecule has 0 aliphatic rings. The Hall–Kier alpha value is -2.85. The number of methoxy groups -OCH3 is 1. The molecule has 2 unspecified atom stereocenters. The average Bonchev–Trinajstić information content (AvgIpc) is 3.43. The number of amides is 1. The Morgan fingerprint density at radius 2 is 2.06 bits per heavy atom. The number of benzene rings is 1. The summed E-state index contributed by atoms with van der Waals surface area (Å²) in [6.45, 7) is 8.22. The molecule has 10 heteroatoms. The molecule has 0 radical (unpaired) electrons. The molecule has 3 aromatic rings. The molecular formula is C21H25N5O3S2. The van der Waals surface area contributed by atoms with Crippen molar-refractivity contribution in [1.29, 1.82) is 0 Å². The van der Waals surface area contributed by atoms with Crippen LogP contribution in [-0.2, 0) is 11.3 Å². The van der Waals surface area contributed by atoms with E-state index in [0.29, 0.717) is 34.8 Å². The van der Waals surface area contributed by atoms with Crippen LogP contribution in [0.2, 0.25) is 0 Å². The standard InChI is InChI=1S/C21H25N5O3S2/c1-5-12-26-18(14(3)29-16-9-7-15(28-4)8-10-16)24-25-21(26)31-17(6-2)19(27)23-20-22-11-13-30-20/h5,7-11,13-14,17H,1,6,12H2,2-4H3,(H,22,23,27). The van der Waals surface area contributed by atoms with E-state index in [0.717, 1.165) is 5.75 Å². The maximum absolute atomic E-state index is 12.7. The van der Waals surface area contributed by atoms with Crippen molar-refractivity contribution in [3.63, 3.8) is 0 Å². The largest absolute Gasteiger partial charge is 0.497 e. The number of thiazole rings is 1. The molecule has 0 spiro atoms. The number of rotatable bonds is 11. The molecule has 8 nitrogen and oxygen atoms in total. The number of carbonyl (C=O) groups excluding carboxylic acids is 1. The van der Waals surface area contributed by atoms with Gasteiger partial charge in [-0.05, 0) is 37.6 Å². The highest BCUT2D eigenvalue weighted by atomic mass is 32.2. The van der Waals surface area contributed by atoms with Gasteiger partial charge < -0.3 is 14.8 Å². The zero-order valence-corrected chi connectivity index (χ0v) is 19.3. The van der Waals surface area contributed by atoms with Gasteiger partial charge in [-0.25, -0.2) is 4.98 Å². The van der Waals surface area contributed by atoms with Crippen molar-refractivity contribution in [2.75, 3.05) is 12.4 Å². The highest BCUT2D eigenvalue weighted by Gasteiger charge is 2.25. The van der Waals surface area contributed by atoms with E-state index in [4.69, 9.17) is 9.47 Å². The minimum atomic E-state index is -0.348. The summed E-state index contributed by atoms with van der Waals surface area (Å²) in [6, 6.07) is 7.36. The molecule has 0 aliphatic carbocycles. The summed E-state index contributed by atoms with van der Waals surface area (Å²) in [5.41, 5.74) is 0. The van der Waals surface area contributed by atoms with Crippen LogP contribution in [0.15, 0.2) is 53.7 Å². The van der Waals surface area contributed by atoms with E-state index in [1.54, 1.807) is 19.4 Å². The number of thioether (sulfide) groups is 1. The second-order valence-corrected chi connectivity index (χ2v) is 8.58. The van der Waals surface area contributed by atoms with Crippen LogP contribution in [0.1, 0.15) is 32.2 Å². The van der Waals surface area contributed by atoms with Crippen molar-refractivity contribution in [3.8, 4) is 11.5 Å². The first-order chi connectivity index (χ1) is 15.0. The smallest absolute Gasteiger partial charge is 0.239 e. The fraction of sp³-hybridized carbons (Fsp3) is 0.333. The van der Waals surface area contributed by atoms with Crippen LogP contribution >= 0.6 is 23.1 Å². The second-order valence-electron chi connectivity index (χ2n) is 6.52. The molecule has 0 bridgehead atoms. The summed E-state index contributed by atoms with van der Waals surface area (Å²) in [5.74, 6) is 2.01. The summed E-state index contributed by atoms with van der Waals surface area (Å²) in [4.78, 5) is 16.8. The second kappa shape index (κ2) is 11.0. The lowest BCUT2D eigenvalue weighted by Crippen LogP contribution is -2.25. The normalized spacial score (nSPS) is 12.7. The van der Waals surface area contributed by atoms with E-state index in [1.165, 1.54) is 23.1 Å². The maximum atomic E-state index is 12.7. The number of allylic oxidation sites excluding steroid dienone is 1. The molecular weight excluding hydrogens is 434 g/mol. The van der Waals surface area contributed by atoms with E-state index in [9.17, 15) is 4.79 Å². The summed E-state index contributed by atoms with van der Waals surface area (Å²) in [6.07, 6.45) is 3.72. The molecule has 1 aromatic carbocycles. The minimum absolute atomic E-state index is 0.111.